The molecule has 0 fully saturated rings. The van der Waals surface area contributed by atoms with Crippen LogP contribution in [-0.2, 0) is 3.79 Å². The number of hydrogen-bond acceptors (Lipinski definition) is 1. The van der Waals surface area contributed by atoms with E-state index in [9.17, 15) is 0 Å². The SMILES string of the molecule is ClC(Cl)(Cl)c1cccc2c1ncc1cccn12. The zero-order valence-corrected chi connectivity index (χ0v) is 10.8. The summed E-state index contributed by atoms with van der Waals surface area (Å²) in [5.41, 5.74) is 3.24. The van der Waals surface area contributed by atoms with Crippen LogP contribution >= 0.6 is 34.8 Å². The van der Waals surface area contributed by atoms with E-state index in [-0.39, 0.29) is 0 Å². The number of hydrogen-bond donors (Lipinski definition) is 0. The monoisotopic (exact) mass is 284 g/mol. The summed E-state index contributed by atoms with van der Waals surface area (Å²) in [7, 11) is 0. The highest BCUT2D eigenvalue weighted by Crippen LogP contribution is 2.40. The number of alkyl halides is 3. The van der Waals surface area contributed by atoms with Crippen molar-refractivity contribution in [1.82, 2.24) is 9.38 Å². The zero-order chi connectivity index (χ0) is 12.0. The van der Waals surface area contributed by atoms with Crippen LogP contribution in [0.3, 0.4) is 0 Å². The van der Waals surface area contributed by atoms with Crippen LogP contribution in [-0.4, -0.2) is 9.38 Å². The van der Waals surface area contributed by atoms with Gasteiger partial charge in [-0.05, 0) is 18.2 Å². The molecule has 0 aliphatic rings. The number of benzene rings is 1. The van der Waals surface area contributed by atoms with Gasteiger partial charge in [0.15, 0.2) is 0 Å². The van der Waals surface area contributed by atoms with Gasteiger partial charge in [0.25, 0.3) is 0 Å². The lowest BCUT2D eigenvalue weighted by Crippen LogP contribution is -2.03. The maximum Gasteiger partial charge on any atom is 0.218 e. The summed E-state index contributed by atoms with van der Waals surface area (Å²) < 4.78 is 0.551. The molecule has 2 heterocycles. The molecule has 3 rings (SSSR count). The number of halogens is 3. The average molecular weight is 286 g/mol. The van der Waals surface area contributed by atoms with Gasteiger partial charge in [-0.15, -0.1) is 0 Å². The third kappa shape index (κ3) is 1.77. The number of aromatic nitrogens is 2. The summed E-state index contributed by atoms with van der Waals surface area (Å²) in [5.74, 6) is 0. The molecule has 0 spiro atoms. The number of nitrogens with zero attached hydrogens (tertiary/aromatic N) is 2. The van der Waals surface area contributed by atoms with Crippen LogP contribution in [0.5, 0.6) is 0 Å². The van der Waals surface area contributed by atoms with Gasteiger partial charge in [0.1, 0.15) is 0 Å². The molecular formula is C12H7Cl3N2. The van der Waals surface area contributed by atoms with Crippen molar-refractivity contribution in [1.29, 1.82) is 0 Å². The Morgan fingerprint density at radius 2 is 1.88 bits per heavy atom. The lowest BCUT2D eigenvalue weighted by molar-refractivity contribution is 1.18. The van der Waals surface area contributed by atoms with Crippen LogP contribution in [0.1, 0.15) is 5.56 Å². The summed E-state index contributed by atoms with van der Waals surface area (Å²) >= 11 is 17.8. The van der Waals surface area contributed by atoms with Gasteiger partial charge in [-0.1, -0.05) is 46.9 Å². The van der Waals surface area contributed by atoms with E-state index in [4.69, 9.17) is 34.8 Å². The normalized spacial score (nSPS) is 12.4. The highest BCUT2D eigenvalue weighted by atomic mass is 35.6. The Balaban J connectivity index is 2.48. The molecule has 0 aliphatic carbocycles. The topological polar surface area (TPSA) is 17.3 Å². The standard InChI is InChI=1S/C12H7Cl3N2/c13-12(14,15)9-4-1-5-10-11(9)16-7-8-3-2-6-17(8)10/h1-7H. The van der Waals surface area contributed by atoms with Gasteiger partial charge >= 0.3 is 0 Å². The zero-order valence-electron chi connectivity index (χ0n) is 8.57. The Morgan fingerprint density at radius 1 is 1.06 bits per heavy atom. The number of rotatable bonds is 0. The van der Waals surface area contributed by atoms with Gasteiger partial charge in [0.2, 0.25) is 3.79 Å². The second kappa shape index (κ2) is 3.77. The average Bonchev–Trinajstić information content (AvgIpc) is 2.75. The summed E-state index contributed by atoms with van der Waals surface area (Å²) in [4.78, 5) is 4.37. The fourth-order valence-electron chi connectivity index (χ4n) is 1.94. The van der Waals surface area contributed by atoms with Crippen LogP contribution in [0.2, 0.25) is 0 Å². The maximum atomic E-state index is 5.94. The molecule has 5 heteroatoms. The molecule has 0 atom stereocenters. The van der Waals surface area contributed by atoms with Gasteiger partial charge in [0, 0.05) is 11.8 Å². The first-order chi connectivity index (χ1) is 8.07. The van der Waals surface area contributed by atoms with E-state index in [2.05, 4.69) is 4.98 Å². The van der Waals surface area contributed by atoms with E-state index in [0.717, 1.165) is 11.0 Å². The largest absolute Gasteiger partial charge is 0.314 e. The molecule has 0 bridgehead atoms. The van der Waals surface area contributed by atoms with Gasteiger partial charge in [0.05, 0.1) is 22.7 Å². The van der Waals surface area contributed by atoms with E-state index < -0.39 is 3.79 Å². The summed E-state index contributed by atoms with van der Waals surface area (Å²) in [6.45, 7) is 0. The van der Waals surface area contributed by atoms with Crippen molar-refractivity contribution in [2.24, 2.45) is 0 Å². The summed E-state index contributed by atoms with van der Waals surface area (Å²) in [5, 5.41) is 0. The second-order valence-corrected chi connectivity index (χ2v) is 6.01. The first-order valence-electron chi connectivity index (χ1n) is 4.99. The van der Waals surface area contributed by atoms with Crippen molar-refractivity contribution in [3.8, 4) is 0 Å². The van der Waals surface area contributed by atoms with Crippen molar-refractivity contribution in [2.45, 2.75) is 3.79 Å². The first kappa shape index (κ1) is 11.1. The molecular weight excluding hydrogens is 279 g/mol. The molecule has 3 aromatic rings. The second-order valence-electron chi connectivity index (χ2n) is 3.73. The van der Waals surface area contributed by atoms with Gasteiger partial charge in [-0.25, -0.2) is 0 Å². The highest BCUT2D eigenvalue weighted by Gasteiger charge is 2.26. The minimum atomic E-state index is -1.46. The molecule has 0 saturated carbocycles. The molecule has 0 saturated heterocycles. The minimum Gasteiger partial charge on any atom is -0.314 e. The van der Waals surface area contributed by atoms with Crippen molar-refractivity contribution in [3.05, 3.63) is 48.3 Å². The Morgan fingerprint density at radius 3 is 2.65 bits per heavy atom. The van der Waals surface area contributed by atoms with Gasteiger partial charge in [-0.2, -0.15) is 0 Å². The quantitative estimate of drug-likeness (QED) is 0.562. The Bertz CT molecular complexity index is 698. The molecule has 2 nitrogen and oxygen atoms in total. The fourth-order valence-corrected chi connectivity index (χ4v) is 2.40. The highest BCUT2D eigenvalue weighted by molar-refractivity contribution is 6.67. The van der Waals surface area contributed by atoms with Gasteiger partial charge < -0.3 is 4.40 Å². The molecule has 17 heavy (non-hydrogen) atoms. The molecule has 0 N–H and O–H groups in total. The molecule has 86 valence electrons. The van der Waals surface area contributed by atoms with Gasteiger partial charge in [-0.3, -0.25) is 4.98 Å². The van der Waals surface area contributed by atoms with Crippen LogP contribution in [0.25, 0.3) is 16.6 Å². The Kier molecular flexibility index (Phi) is 2.47. The molecule has 1 aromatic carbocycles. The third-order valence-corrected chi connectivity index (χ3v) is 3.30. The minimum absolute atomic E-state index is 0.593. The van der Waals surface area contributed by atoms with Crippen LogP contribution in [0, 0.1) is 0 Å². The third-order valence-electron chi connectivity index (χ3n) is 2.69. The van der Waals surface area contributed by atoms with Crippen molar-refractivity contribution in [3.63, 3.8) is 0 Å². The van der Waals surface area contributed by atoms with Crippen LogP contribution in [0.4, 0.5) is 0 Å². The molecule has 2 aromatic heterocycles. The Hall–Kier alpha value is -0.960. The summed E-state index contributed by atoms with van der Waals surface area (Å²) in [6.07, 6.45) is 3.73. The molecule has 0 unspecified atom stereocenters. The van der Waals surface area contributed by atoms with Crippen molar-refractivity contribution < 1.29 is 0 Å². The predicted molar refractivity (Wildman–Crippen MR) is 71.9 cm³/mol. The van der Waals surface area contributed by atoms with Crippen LogP contribution < -0.4 is 0 Å². The van der Waals surface area contributed by atoms with E-state index in [1.54, 1.807) is 12.3 Å². The molecule has 0 radical (unpaired) electrons. The Labute approximate surface area is 113 Å². The molecule has 0 amide bonds. The smallest absolute Gasteiger partial charge is 0.218 e. The predicted octanol–water partition coefficient (Wildman–Crippen LogP) is 4.31. The fraction of sp³-hybridized carbons (Fsp3) is 0.0833. The van der Waals surface area contributed by atoms with Crippen LogP contribution in [0.15, 0.2) is 42.7 Å². The number of fused-ring (bicyclic) bond motifs is 3. The lowest BCUT2D eigenvalue weighted by atomic mass is 10.2. The first-order valence-corrected chi connectivity index (χ1v) is 6.13. The van der Waals surface area contributed by atoms with E-state index in [0.29, 0.717) is 11.1 Å². The lowest BCUT2D eigenvalue weighted by Gasteiger charge is -2.14. The number of para-hydroxylation sites is 1. The van der Waals surface area contributed by atoms with E-state index >= 15 is 0 Å². The maximum absolute atomic E-state index is 5.94. The van der Waals surface area contributed by atoms with Crippen molar-refractivity contribution >= 4 is 51.4 Å². The van der Waals surface area contributed by atoms with E-state index in [1.807, 2.05) is 34.9 Å². The van der Waals surface area contributed by atoms with E-state index in [1.165, 1.54) is 0 Å². The van der Waals surface area contributed by atoms with Crippen molar-refractivity contribution in [2.75, 3.05) is 0 Å². The molecule has 0 aliphatic heterocycles. The summed E-state index contributed by atoms with van der Waals surface area (Å²) in [6, 6.07) is 9.53.